The lowest BCUT2D eigenvalue weighted by molar-refractivity contribution is 0.201. The highest BCUT2D eigenvalue weighted by Gasteiger charge is 2.20. The Morgan fingerprint density at radius 1 is 1.13 bits per heavy atom. The van der Waals surface area contributed by atoms with E-state index < -0.39 is 0 Å². The van der Waals surface area contributed by atoms with Crippen molar-refractivity contribution in [2.45, 2.75) is 19.9 Å². The molecule has 1 aromatic heterocycles. The Balaban J connectivity index is 1.74. The summed E-state index contributed by atoms with van der Waals surface area (Å²) in [6.45, 7) is 3.97. The Kier molecular flexibility index (Phi) is 4.06. The number of rotatable bonds is 3. The molecule has 3 rings (SSSR count). The lowest BCUT2D eigenvalue weighted by atomic mass is 10.2. The number of aryl methyl sites for hydroxylation is 1. The first-order valence-corrected chi connectivity index (χ1v) is 7.63. The van der Waals surface area contributed by atoms with Crippen LogP contribution in [0.25, 0.3) is 11.0 Å². The maximum Gasteiger partial charge on any atom is 0.322 e. The predicted molar refractivity (Wildman–Crippen MR) is 92.6 cm³/mol. The van der Waals surface area contributed by atoms with E-state index in [9.17, 15) is 4.79 Å². The molecule has 1 N–H and O–H groups in total. The van der Waals surface area contributed by atoms with Gasteiger partial charge in [-0.2, -0.15) is 0 Å². The summed E-state index contributed by atoms with van der Waals surface area (Å²) >= 11 is 0. The molecule has 0 aliphatic rings. The fraction of sp³-hybridized carbons (Fsp3) is 0.211. The topological polar surface area (TPSA) is 45.5 Å². The van der Waals surface area contributed by atoms with Gasteiger partial charge in [0.15, 0.2) is 0 Å². The van der Waals surface area contributed by atoms with Gasteiger partial charge in [-0.15, -0.1) is 0 Å². The van der Waals surface area contributed by atoms with E-state index >= 15 is 0 Å². The van der Waals surface area contributed by atoms with Crippen LogP contribution in [0, 0.1) is 6.92 Å². The number of fused-ring (bicyclic) bond motifs is 1. The van der Waals surface area contributed by atoms with Crippen molar-refractivity contribution < 1.29 is 9.21 Å². The van der Waals surface area contributed by atoms with Crippen molar-refractivity contribution in [3.63, 3.8) is 0 Å². The molecule has 4 nitrogen and oxygen atoms in total. The molecule has 0 aliphatic carbocycles. The highest BCUT2D eigenvalue weighted by molar-refractivity contribution is 5.89. The van der Waals surface area contributed by atoms with Crippen LogP contribution in [0.1, 0.15) is 24.3 Å². The maximum atomic E-state index is 12.4. The molecule has 2 amide bonds. The Morgan fingerprint density at radius 3 is 2.52 bits per heavy atom. The molecule has 1 heterocycles. The van der Waals surface area contributed by atoms with Gasteiger partial charge in [0.25, 0.3) is 0 Å². The maximum absolute atomic E-state index is 12.4. The fourth-order valence-corrected chi connectivity index (χ4v) is 2.42. The molecule has 0 radical (unpaired) electrons. The van der Waals surface area contributed by atoms with Crippen molar-refractivity contribution in [2.75, 3.05) is 12.4 Å². The number of nitrogens with one attached hydrogen (secondary N) is 1. The van der Waals surface area contributed by atoms with E-state index in [-0.39, 0.29) is 12.1 Å². The second-order valence-corrected chi connectivity index (χ2v) is 5.77. The van der Waals surface area contributed by atoms with Gasteiger partial charge >= 0.3 is 6.03 Å². The molecular weight excluding hydrogens is 288 g/mol. The molecule has 118 valence electrons. The van der Waals surface area contributed by atoms with Gasteiger partial charge in [0.05, 0.1) is 6.04 Å². The summed E-state index contributed by atoms with van der Waals surface area (Å²) in [6.07, 6.45) is 0. The van der Waals surface area contributed by atoms with Gasteiger partial charge in [0.1, 0.15) is 11.3 Å². The Bertz CT molecular complexity index is 788. The molecule has 1 unspecified atom stereocenters. The average molecular weight is 308 g/mol. The first-order valence-electron chi connectivity index (χ1n) is 7.63. The molecular formula is C19H20N2O2. The van der Waals surface area contributed by atoms with E-state index in [2.05, 4.69) is 5.32 Å². The van der Waals surface area contributed by atoms with E-state index in [1.807, 2.05) is 68.4 Å². The van der Waals surface area contributed by atoms with Gasteiger partial charge < -0.3 is 14.6 Å². The zero-order chi connectivity index (χ0) is 16.4. The Morgan fingerprint density at radius 2 is 1.83 bits per heavy atom. The average Bonchev–Trinajstić information content (AvgIpc) is 2.99. The summed E-state index contributed by atoms with van der Waals surface area (Å²) in [5, 5.41) is 3.94. The van der Waals surface area contributed by atoms with Crippen LogP contribution in [0.3, 0.4) is 0 Å². The number of para-hydroxylation sites is 1. The van der Waals surface area contributed by atoms with Gasteiger partial charge in [-0.1, -0.05) is 35.9 Å². The largest absolute Gasteiger partial charge is 0.459 e. The molecule has 3 aromatic rings. The van der Waals surface area contributed by atoms with Crippen molar-refractivity contribution in [3.05, 3.63) is 65.9 Å². The third kappa shape index (κ3) is 3.21. The van der Waals surface area contributed by atoms with Gasteiger partial charge in [-0.3, -0.25) is 0 Å². The van der Waals surface area contributed by atoms with E-state index in [1.165, 1.54) is 0 Å². The smallest absolute Gasteiger partial charge is 0.322 e. The second-order valence-electron chi connectivity index (χ2n) is 5.77. The molecule has 0 saturated heterocycles. The summed E-state index contributed by atoms with van der Waals surface area (Å²) in [5.74, 6) is 0.771. The quantitative estimate of drug-likeness (QED) is 0.742. The predicted octanol–water partition coefficient (Wildman–Crippen LogP) is 4.97. The van der Waals surface area contributed by atoms with Crippen LogP contribution < -0.4 is 5.32 Å². The number of amides is 2. The van der Waals surface area contributed by atoms with Crippen molar-refractivity contribution >= 4 is 22.7 Å². The molecule has 0 fully saturated rings. The van der Waals surface area contributed by atoms with Crippen LogP contribution in [0.2, 0.25) is 0 Å². The SMILES string of the molecule is Cc1ccc(NC(=O)N(C)C(C)c2cc3ccccc3o2)cc1. The van der Waals surface area contributed by atoms with Crippen LogP contribution in [-0.2, 0) is 0 Å². The summed E-state index contributed by atoms with van der Waals surface area (Å²) < 4.78 is 5.85. The zero-order valence-corrected chi connectivity index (χ0v) is 13.5. The standard InChI is InChI=1S/C19H20N2O2/c1-13-8-10-16(11-9-13)20-19(22)21(3)14(2)18-12-15-6-4-5-7-17(15)23-18/h4-12,14H,1-3H3,(H,20,22). The zero-order valence-electron chi connectivity index (χ0n) is 13.5. The van der Waals surface area contributed by atoms with E-state index in [4.69, 9.17) is 4.42 Å². The third-order valence-electron chi connectivity index (χ3n) is 4.06. The molecule has 23 heavy (non-hydrogen) atoms. The normalized spacial score (nSPS) is 12.1. The van der Waals surface area contributed by atoms with Crippen molar-refractivity contribution in [1.82, 2.24) is 4.90 Å². The first kappa shape index (κ1) is 15.2. The summed E-state index contributed by atoms with van der Waals surface area (Å²) in [7, 11) is 1.77. The highest BCUT2D eigenvalue weighted by atomic mass is 16.3. The third-order valence-corrected chi connectivity index (χ3v) is 4.06. The van der Waals surface area contributed by atoms with Crippen LogP contribution in [0.4, 0.5) is 10.5 Å². The summed E-state index contributed by atoms with van der Waals surface area (Å²) in [6, 6.07) is 17.2. The fourth-order valence-electron chi connectivity index (χ4n) is 2.42. The van der Waals surface area contributed by atoms with Crippen molar-refractivity contribution in [3.8, 4) is 0 Å². The number of hydrogen-bond acceptors (Lipinski definition) is 2. The number of nitrogens with zero attached hydrogens (tertiary/aromatic N) is 1. The number of carbonyl (C=O) groups excluding carboxylic acids is 1. The number of furan rings is 1. The minimum atomic E-state index is -0.165. The lowest BCUT2D eigenvalue weighted by Crippen LogP contribution is -2.33. The molecule has 1 atom stereocenters. The van der Waals surface area contributed by atoms with Crippen molar-refractivity contribution in [1.29, 1.82) is 0 Å². The highest BCUT2D eigenvalue weighted by Crippen LogP contribution is 2.27. The first-order chi connectivity index (χ1) is 11.0. The van der Waals surface area contributed by atoms with Crippen LogP contribution in [0.5, 0.6) is 0 Å². The molecule has 0 bridgehead atoms. The lowest BCUT2D eigenvalue weighted by Gasteiger charge is -2.23. The summed E-state index contributed by atoms with van der Waals surface area (Å²) in [4.78, 5) is 14.0. The Labute approximate surface area is 135 Å². The number of hydrogen-bond donors (Lipinski definition) is 1. The van der Waals surface area contributed by atoms with E-state index in [1.54, 1.807) is 11.9 Å². The number of anilines is 1. The molecule has 0 aliphatic heterocycles. The summed E-state index contributed by atoms with van der Waals surface area (Å²) in [5.41, 5.74) is 2.78. The van der Waals surface area contributed by atoms with Gasteiger partial charge in [0, 0.05) is 18.1 Å². The molecule has 4 heteroatoms. The van der Waals surface area contributed by atoms with Crippen LogP contribution in [0.15, 0.2) is 59.0 Å². The molecule has 2 aromatic carbocycles. The van der Waals surface area contributed by atoms with Gasteiger partial charge in [-0.05, 0) is 38.1 Å². The minimum Gasteiger partial charge on any atom is -0.459 e. The number of carbonyl (C=O) groups is 1. The second kappa shape index (κ2) is 6.16. The molecule has 0 saturated carbocycles. The van der Waals surface area contributed by atoms with Crippen LogP contribution >= 0.6 is 0 Å². The van der Waals surface area contributed by atoms with Gasteiger partial charge in [0.2, 0.25) is 0 Å². The number of benzene rings is 2. The monoisotopic (exact) mass is 308 g/mol. The number of urea groups is 1. The van der Waals surface area contributed by atoms with Crippen LogP contribution in [-0.4, -0.2) is 18.0 Å². The minimum absolute atomic E-state index is 0.159. The van der Waals surface area contributed by atoms with Gasteiger partial charge in [-0.25, -0.2) is 4.79 Å². The van der Waals surface area contributed by atoms with E-state index in [0.29, 0.717) is 0 Å². The van der Waals surface area contributed by atoms with E-state index in [0.717, 1.165) is 28.0 Å². The molecule has 0 spiro atoms. The Hall–Kier alpha value is -2.75. The van der Waals surface area contributed by atoms with Crippen molar-refractivity contribution in [2.24, 2.45) is 0 Å².